The lowest BCUT2D eigenvalue weighted by molar-refractivity contribution is -0.140. The Morgan fingerprint density at radius 3 is 2.12 bits per heavy atom. The minimum atomic E-state index is -3.82. The Kier molecular flexibility index (Phi) is 9.88. The Balaban J connectivity index is 2.41. The summed E-state index contributed by atoms with van der Waals surface area (Å²) in [6.45, 7) is 5.09. The van der Waals surface area contributed by atoms with Crippen molar-refractivity contribution in [1.82, 2.24) is 10.2 Å². The highest BCUT2D eigenvalue weighted by Crippen LogP contribution is 2.22. The van der Waals surface area contributed by atoms with E-state index in [1.54, 1.807) is 6.92 Å². The van der Waals surface area contributed by atoms with E-state index in [1.165, 1.54) is 53.4 Å². The summed E-state index contributed by atoms with van der Waals surface area (Å²) in [5.74, 6) is -1.31. The zero-order chi connectivity index (χ0) is 25.5. The summed E-state index contributed by atoms with van der Waals surface area (Å²) in [4.78, 5) is 27.9. The molecule has 0 fully saturated rings. The predicted molar refractivity (Wildman–Crippen MR) is 133 cm³/mol. The Morgan fingerprint density at radius 1 is 1.03 bits per heavy atom. The highest BCUT2D eigenvalue weighted by atomic mass is 35.5. The molecule has 186 valence electrons. The van der Waals surface area contributed by atoms with Crippen LogP contribution in [-0.2, 0) is 26.2 Å². The Bertz CT molecular complexity index is 1080. The number of hydrogen-bond donors (Lipinski definition) is 1. The molecule has 2 aromatic carbocycles. The van der Waals surface area contributed by atoms with E-state index in [2.05, 4.69) is 5.32 Å². The molecule has 0 spiro atoms. The maximum absolute atomic E-state index is 13.5. The van der Waals surface area contributed by atoms with Gasteiger partial charge in [0.2, 0.25) is 21.8 Å². The second-order valence-corrected chi connectivity index (χ2v) is 10.5. The molecule has 0 aliphatic heterocycles. The number of nitrogens with one attached hydrogen (secondary N) is 1. The lowest BCUT2D eigenvalue weighted by Gasteiger charge is -2.33. The zero-order valence-corrected chi connectivity index (χ0v) is 21.4. The van der Waals surface area contributed by atoms with Crippen molar-refractivity contribution in [3.8, 4) is 0 Å². The van der Waals surface area contributed by atoms with Crippen LogP contribution in [0.5, 0.6) is 0 Å². The van der Waals surface area contributed by atoms with Gasteiger partial charge in [-0.3, -0.25) is 13.9 Å². The van der Waals surface area contributed by atoms with Crippen LogP contribution >= 0.6 is 11.6 Å². The van der Waals surface area contributed by atoms with Crippen LogP contribution in [-0.4, -0.2) is 50.0 Å². The van der Waals surface area contributed by atoms with Gasteiger partial charge in [-0.15, -0.1) is 0 Å². The smallest absolute Gasteiger partial charge is 0.244 e. The third-order valence-electron chi connectivity index (χ3n) is 5.45. The Morgan fingerprint density at radius 2 is 1.62 bits per heavy atom. The minimum absolute atomic E-state index is 0.0176. The van der Waals surface area contributed by atoms with E-state index < -0.39 is 34.3 Å². The van der Waals surface area contributed by atoms with Gasteiger partial charge in [-0.05, 0) is 61.7 Å². The molecule has 0 saturated carbocycles. The van der Waals surface area contributed by atoms with Gasteiger partial charge in [-0.1, -0.05) is 37.6 Å². The van der Waals surface area contributed by atoms with Gasteiger partial charge in [0, 0.05) is 17.6 Å². The number of carbonyl (C=O) groups excluding carboxylic acids is 2. The molecule has 0 unspecified atom stereocenters. The number of benzene rings is 2. The molecule has 2 atom stereocenters. The van der Waals surface area contributed by atoms with Crippen LogP contribution in [0.25, 0.3) is 0 Å². The van der Waals surface area contributed by atoms with Crippen LogP contribution in [0, 0.1) is 5.82 Å². The second-order valence-electron chi connectivity index (χ2n) is 8.14. The fourth-order valence-corrected chi connectivity index (χ4v) is 4.34. The van der Waals surface area contributed by atoms with E-state index in [1.807, 2.05) is 13.8 Å². The van der Waals surface area contributed by atoms with Crippen LogP contribution in [0.2, 0.25) is 5.02 Å². The van der Waals surface area contributed by atoms with E-state index in [0.717, 1.165) is 10.6 Å². The first-order valence-corrected chi connectivity index (χ1v) is 13.3. The summed E-state index contributed by atoms with van der Waals surface area (Å²) >= 11 is 5.92. The molecule has 2 amide bonds. The van der Waals surface area contributed by atoms with Crippen LogP contribution < -0.4 is 9.62 Å². The molecule has 2 aromatic rings. The Labute approximate surface area is 205 Å². The average Bonchev–Trinajstić information content (AvgIpc) is 2.78. The highest BCUT2D eigenvalue weighted by Gasteiger charge is 2.32. The molecular weight excluding hydrogens is 481 g/mol. The maximum atomic E-state index is 13.5. The Hall–Kier alpha value is -2.65. The van der Waals surface area contributed by atoms with Crippen LogP contribution in [0.4, 0.5) is 10.1 Å². The average molecular weight is 512 g/mol. The lowest BCUT2D eigenvalue weighted by atomic mass is 10.1. The predicted octanol–water partition coefficient (Wildman–Crippen LogP) is 3.97. The van der Waals surface area contributed by atoms with Gasteiger partial charge in [-0.2, -0.15) is 0 Å². The van der Waals surface area contributed by atoms with Crippen molar-refractivity contribution < 1.29 is 22.4 Å². The van der Waals surface area contributed by atoms with Crippen molar-refractivity contribution in [2.24, 2.45) is 0 Å². The summed E-state index contributed by atoms with van der Waals surface area (Å²) in [6.07, 6.45) is 2.04. The fraction of sp³-hybridized carbons (Fsp3) is 0.417. The molecule has 0 aliphatic rings. The van der Waals surface area contributed by atoms with Crippen molar-refractivity contribution in [3.63, 3.8) is 0 Å². The number of halogens is 2. The molecule has 0 bridgehead atoms. The molecule has 0 radical (unpaired) electrons. The number of sulfonamides is 1. The number of rotatable bonds is 11. The third kappa shape index (κ3) is 7.70. The number of carbonyl (C=O) groups is 2. The molecule has 10 heteroatoms. The quantitative estimate of drug-likeness (QED) is 0.494. The SMILES string of the molecule is CC[C@@H](C)NC(=O)[C@@H](CC)N(Cc1ccc(F)cc1)C(=O)CN(c1ccc(Cl)cc1)S(C)(=O)=O. The summed E-state index contributed by atoms with van der Waals surface area (Å²) in [6, 6.07) is 10.8. The van der Waals surface area contributed by atoms with Crippen molar-refractivity contribution >= 4 is 39.1 Å². The van der Waals surface area contributed by atoms with Gasteiger partial charge in [0.05, 0.1) is 11.9 Å². The van der Waals surface area contributed by atoms with Gasteiger partial charge >= 0.3 is 0 Å². The van der Waals surface area contributed by atoms with Crippen LogP contribution in [0.3, 0.4) is 0 Å². The summed E-state index contributed by atoms with van der Waals surface area (Å²) in [5, 5.41) is 3.32. The van der Waals surface area contributed by atoms with Crippen molar-refractivity contribution in [2.45, 2.75) is 52.2 Å². The third-order valence-corrected chi connectivity index (χ3v) is 6.84. The maximum Gasteiger partial charge on any atom is 0.244 e. The molecular formula is C24H31ClFN3O4S. The van der Waals surface area contributed by atoms with Gasteiger partial charge in [0.15, 0.2) is 0 Å². The standard InChI is InChI=1S/C24H31ClFN3O4S/c1-5-17(3)27-24(31)22(6-2)28(15-18-7-11-20(26)12-8-18)23(30)16-29(34(4,32)33)21-13-9-19(25)10-14-21/h7-14,17,22H,5-6,15-16H2,1-4H3,(H,27,31)/t17-,22-/m1/s1. The van der Waals surface area contributed by atoms with Crippen molar-refractivity contribution in [2.75, 3.05) is 17.1 Å². The van der Waals surface area contributed by atoms with Gasteiger partial charge in [-0.25, -0.2) is 12.8 Å². The zero-order valence-electron chi connectivity index (χ0n) is 19.8. The number of anilines is 1. The summed E-state index contributed by atoms with van der Waals surface area (Å²) in [5.41, 5.74) is 0.890. The van der Waals surface area contributed by atoms with Crippen LogP contribution in [0.1, 0.15) is 39.2 Å². The van der Waals surface area contributed by atoms with Gasteiger partial charge < -0.3 is 10.2 Å². The second kappa shape index (κ2) is 12.2. The summed E-state index contributed by atoms with van der Waals surface area (Å²) in [7, 11) is -3.82. The van der Waals surface area contributed by atoms with E-state index in [4.69, 9.17) is 11.6 Å². The molecule has 1 N–H and O–H groups in total. The molecule has 7 nitrogen and oxygen atoms in total. The minimum Gasteiger partial charge on any atom is -0.352 e. The number of hydrogen-bond acceptors (Lipinski definition) is 4. The summed E-state index contributed by atoms with van der Waals surface area (Å²) < 4.78 is 39.4. The normalized spacial score (nSPS) is 13.1. The van der Waals surface area contributed by atoms with Crippen LogP contribution in [0.15, 0.2) is 48.5 Å². The fourth-order valence-electron chi connectivity index (χ4n) is 3.37. The monoisotopic (exact) mass is 511 g/mol. The molecule has 0 saturated heterocycles. The molecule has 0 heterocycles. The van der Waals surface area contributed by atoms with Crippen molar-refractivity contribution in [1.29, 1.82) is 0 Å². The molecule has 0 aliphatic carbocycles. The van der Waals surface area contributed by atoms with Gasteiger partial charge in [0.1, 0.15) is 18.4 Å². The van der Waals surface area contributed by atoms with E-state index in [-0.39, 0.29) is 24.2 Å². The van der Waals surface area contributed by atoms with E-state index >= 15 is 0 Å². The van der Waals surface area contributed by atoms with E-state index in [9.17, 15) is 22.4 Å². The van der Waals surface area contributed by atoms with E-state index in [0.29, 0.717) is 23.4 Å². The lowest BCUT2D eigenvalue weighted by Crippen LogP contribution is -2.53. The molecule has 0 aromatic heterocycles. The first kappa shape index (κ1) is 27.6. The topological polar surface area (TPSA) is 86.8 Å². The highest BCUT2D eigenvalue weighted by molar-refractivity contribution is 7.92. The molecule has 34 heavy (non-hydrogen) atoms. The molecule has 2 rings (SSSR count). The number of nitrogens with zero attached hydrogens (tertiary/aromatic N) is 2. The van der Waals surface area contributed by atoms with Crippen molar-refractivity contribution in [3.05, 3.63) is 64.9 Å². The first-order valence-electron chi connectivity index (χ1n) is 11.0. The largest absolute Gasteiger partial charge is 0.352 e. The first-order chi connectivity index (χ1) is 16.0. The number of amides is 2. The van der Waals surface area contributed by atoms with Gasteiger partial charge in [0.25, 0.3) is 0 Å².